The van der Waals surface area contributed by atoms with Crippen LogP contribution < -0.4 is 10.1 Å². The summed E-state index contributed by atoms with van der Waals surface area (Å²) in [6.45, 7) is 4.61. The zero-order chi connectivity index (χ0) is 21.8. The van der Waals surface area contributed by atoms with Gasteiger partial charge in [-0.1, -0.05) is 42.8 Å². The molecule has 0 radical (unpaired) electrons. The Morgan fingerprint density at radius 1 is 1.16 bits per heavy atom. The number of benzene rings is 2. The molecule has 1 unspecified atom stereocenters. The van der Waals surface area contributed by atoms with Gasteiger partial charge < -0.3 is 14.8 Å². The number of nitrogens with one attached hydrogen (secondary N) is 1. The van der Waals surface area contributed by atoms with Crippen LogP contribution in [0, 0.1) is 0 Å². The molecule has 0 fully saturated rings. The number of allylic oxidation sites excluding steroid dienone is 1. The van der Waals surface area contributed by atoms with Crippen LogP contribution >= 0.6 is 11.6 Å². The van der Waals surface area contributed by atoms with E-state index in [0.717, 1.165) is 23.3 Å². The van der Waals surface area contributed by atoms with E-state index in [1.807, 2.05) is 62.4 Å². The third-order valence-corrected chi connectivity index (χ3v) is 5.22. The fraction of sp³-hybridized carbons (Fsp3) is 0.261. The average Bonchev–Trinajstić information content (AvgIpc) is 3.24. The lowest BCUT2D eigenvalue weighted by molar-refractivity contribution is -0.139. The first-order valence-corrected chi connectivity index (χ1v) is 10.5. The monoisotopic (exact) mass is 438 g/mol. The first-order chi connectivity index (χ1) is 15.1. The van der Waals surface area contributed by atoms with Crippen molar-refractivity contribution in [3.8, 4) is 5.75 Å². The molecule has 1 atom stereocenters. The van der Waals surface area contributed by atoms with Gasteiger partial charge in [0, 0.05) is 10.7 Å². The zero-order valence-corrected chi connectivity index (χ0v) is 18.1. The van der Waals surface area contributed by atoms with Gasteiger partial charge in [0.05, 0.1) is 12.2 Å². The topological polar surface area (TPSA) is 78.3 Å². The van der Waals surface area contributed by atoms with Crippen LogP contribution in [0.2, 0.25) is 5.02 Å². The number of anilines is 1. The number of aromatic nitrogens is 3. The van der Waals surface area contributed by atoms with Gasteiger partial charge in [-0.25, -0.2) is 9.48 Å². The number of rotatable bonds is 7. The summed E-state index contributed by atoms with van der Waals surface area (Å²) >= 11 is 5.93. The summed E-state index contributed by atoms with van der Waals surface area (Å²) in [4.78, 5) is 17.1. The molecule has 4 rings (SSSR count). The van der Waals surface area contributed by atoms with E-state index >= 15 is 0 Å². The van der Waals surface area contributed by atoms with Crippen molar-refractivity contribution in [3.05, 3.63) is 82.3 Å². The quantitative estimate of drug-likeness (QED) is 0.536. The molecule has 31 heavy (non-hydrogen) atoms. The summed E-state index contributed by atoms with van der Waals surface area (Å²) in [7, 11) is 0. The highest BCUT2D eigenvalue weighted by Gasteiger charge is 2.34. The smallest absolute Gasteiger partial charge is 0.338 e. The Labute approximate surface area is 185 Å². The van der Waals surface area contributed by atoms with Crippen molar-refractivity contribution in [2.24, 2.45) is 0 Å². The molecule has 2 aromatic carbocycles. The minimum atomic E-state index is -0.437. The maximum atomic E-state index is 12.8. The number of nitrogens with zero attached hydrogens (tertiary/aromatic N) is 3. The van der Waals surface area contributed by atoms with E-state index in [1.54, 1.807) is 4.68 Å². The first-order valence-electron chi connectivity index (χ1n) is 10.1. The Morgan fingerprint density at radius 2 is 1.90 bits per heavy atom. The lowest BCUT2D eigenvalue weighted by Crippen LogP contribution is -2.29. The average molecular weight is 439 g/mol. The molecule has 0 aliphatic carbocycles. The van der Waals surface area contributed by atoms with Gasteiger partial charge in [0.1, 0.15) is 24.7 Å². The van der Waals surface area contributed by atoms with Gasteiger partial charge in [0.15, 0.2) is 0 Å². The fourth-order valence-electron chi connectivity index (χ4n) is 3.43. The molecule has 0 saturated carbocycles. The number of carbonyl (C=O) groups excluding carboxylic acids is 1. The van der Waals surface area contributed by atoms with Crippen LogP contribution in [0.15, 0.2) is 66.1 Å². The van der Waals surface area contributed by atoms with Crippen molar-refractivity contribution in [1.29, 1.82) is 0 Å². The van der Waals surface area contributed by atoms with Crippen LogP contribution in [0.3, 0.4) is 0 Å². The predicted molar refractivity (Wildman–Crippen MR) is 118 cm³/mol. The van der Waals surface area contributed by atoms with E-state index in [0.29, 0.717) is 35.5 Å². The van der Waals surface area contributed by atoms with Crippen LogP contribution in [0.4, 0.5) is 5.95 Å². The van der Waals surface area contributed by atoms with Gasteiger partial charge in [0.2, 0.25) is 5.95 Å². The Hall–Kier alpha value is -3.32. The van der Waals surface area contributed by atoms with E-state index in [-0.39, 0.29) is 5.97 Å². The molecule has 0 saturated heterocycles. The summed E-state index contributed by atoms with van der Waals surface area (Å²) in [6, 6.07) is 14.7. The Balaban J connectivity index is 1.57. The molecular weight excluding hydrogens is 416 g/mol. The van der Waals surface area contributed by atoms with Crippen LogP contribution in [0.1, 0.15) is 37.4 Å². The number of hydrogen-bond acceptors (Lipinski definition) is 6. The van der Waals surface area contributed by atoms with Gasteiger partial charge in [-0.3, -0.25) is 0 Å². The Morgan fingerprint density at radius 3 is 2.61 bits per heavy atom. The van der Waals surface area contributed by atoms with E-state index in [4.69, 9.17) is 21.1 Å². The second-order valence-electron chi connectivity index (χ2n) is 7.21. The van der Waals surface area contributed by atoms with E-state index in [2.05, 4.69) is 15.4 Å². The second-order valence-corrected chi connectivity index (χ2v) is 7.65. The third-order valence-electron chi connectivity index (χ3n) is 4.97. The molecule has 1 aliphatic rings. The predicted octanol–water partition coefficient (Wildman–Crippen LogP) is 4.75. The maximum absolute atomic E-state index is 12.8. The Kier molecular flexibility index (Phi) is 6.23. The molecule has 8 heteroatoms. The number of esters is 1. The third kappa shape index (κ3) is 4.56. The highest BCUT2D eigenvalue weighted by molar-refractivity contribution is 6.30. The zero-order valence-electron chi connectivity index (χ0n) is 17.3. The lowest BCUT2D eigenvalue weighted by atomic mass is 9.96. The largest absolute Gasteiger partial charge is 0.489 e. The minimum absolute atomic E-state index is 0.360. The molecule has 2 heterocycles. The minimum Gasteiger partial charge on any atom is -0.489 e. The highest BCUT2D eigenvalue weighted by Crippen LogP contribution is 2.35. The maximum Gasteiger partial charge on any atom is 0.338 e. The Bertz CT molecular complexity index is 1090. The molecule has 7 nitrogen and oxygen atoms in total. The molecule has 160 valence electrons. The number of ether oxygens (including phenoxy) is 2. The van der Waals surface area contributed by atoms with Gasteiger partial charge >= 0.3 is 5.97 Å². The van der Waals surface area contributed by atoms with Crippen LogP contribution in [-0.2, 0) is 16.1 Å². The van der Waals surface area contributed by atoms with Gasteiger partial charge in [-0.05, 0) is 48.7 Å². The van der Waals surface area contributed by atoms with Crippen molar-refractivity contribution in [2.45, 2.75) is 32.9 Å². The number of hydrogen-bond donors (Lipinski definition) is 1. The van der Waals surface area contributed by atoms with Crippen molar-refractivity contribution in [1.82, 2.24) is 14.8 Å². The first kappa shape index (κ1) is 20.9. The second kappa shape index (κ2) is 9.22. The normalized spacial score (nSPS) is 15.3. The highest BCUT2D eigenvalue weighted by atomic mass is 35.5. The summed E-state index contributed by atoms with van der Waals surface area (Å²) in [5, 5.41) is 8.16. The van der Waals surface area contributed by atoms with Crippen LogP contribution in [-0.4, -0.2) is 27.3 Å². The number of fused-ring (bicyclic) bond motifs is 1. The summed E-state index contributed by atoms with van der Waals surface area (Å²) < 4.78 is 13.0. The van der Waals surface area contributed by atoms with Gasteiger partial charge in [-0.15, -0.1) is 0 Å². The molecule has 0 amide bonds. The van der Waals surface area contributed by atoms with Crippen molar-refractivity contribution >= 4 is 23.5 Å². The summed E-state index contributed by atoms with van der Waals surface area (Å²) in [5.41, 5.74) is 3.13. The van der Waals surface area contributed by atoms with Crippen molar-refractivity contribution in [3.63, 3.8) is 0 Å². The number of carbonyl (C=O) groups is 1. The molecule has 1 aliphatic heterocycles. The summed E-state index contributed by atoms with van der Waals surface area (Å²) in [6.07, 6.45) is 2.22. The molecule has 0 bridgehead atoms. The van der Waals surface area contributed by atoms with Crippen LogP contribution in [0.25, 0.3) is 0 Å². The fourth-order valence-corrected chi connectivity index (χ4v) is 3.56. The van der Waals surface area contributed by atoms with E-state index in [1.165, 1.54) is 6.33 Å². The van der Waals surface area contributed by atoms with Crippen molar-refractivity contribution < 1.29 is 14.3 Å². The van der Waals surface area contributed by atoms with Gasteiger partial charge in [-0.2, -0.15) is 10.1 Å². The van der Waals surface area contributed by atoms with E-state index < -0.39 is 6.04 Å². The standard InChI is InChI=1S/C23H23ClN4O3/c1-3-12-30-22(29)20-15(2)27-23-25-14-26-28(23)21(20)17-6-10-19(11-7-17)31-13-16-4-8-18(24)9-5-16/h4-11,14,21H,3,12-13H2,1-2H3,(H,25,26,27). The number of halogens is 1. The van der Waals surface area contributed by atoms with Crippen LogP contribution in [0.5, 0.6) is 5.75 Å². The lowest BCUT2D eigenvalue weighted by Gasteiger charge is -2.28. The SMILES string of the molecule is CCCOC(=O)C1=C(C)Nc2ncnn2C1c1ccc(OCc2ccc(Cl)cc2)cc1. The molecule has 0 spiro atoms. The molecule has 3 aromatic rings. The summed E-state index contributed by atoms with van der Waals surface area (Å²) in [5.74, 6) is 0.945. The molecule has 1 N–H and O–H groups in total. The van der Waals surface area contributed by atoms with Gasteiger partial charge in [0.25, 0.3) is 0 Å². The van der Waals surface area contributed by atoms with Crippen molar-refractivity contribution in [2.75, 3.05) is 11.9 Å². The molecule has 1 aromatic heterocycles. The molecular formula is C23H23ClN4O3. The van der Waals surface area contributed by atoms with E-state index in [9.17, 15) is 4.79 Å².